The van der Waals surface area contributed by atoms with Crippen molar-refractivity contribution in [1.82, 2.24) is 9.80 Å². The maximum absolute atomic E-state index is 9.91. The molecule has 0 aromatic heterocycles. The molecular weight excluding hydrogens is 511 g/mol. The Morgan fingerprint density at radius 2 is 0.629 bits per heavy atom. The Hall–Kier alpha value is -0.886. The second kappa shape index (κ2) is 27.7. The van der Waals surface area contributed by atoms with Gasteiger partial charge in [-0.05, 0) is 0 Å². The van der Waals surface area contributed by atoms with Crippen LogP contribution in [-0.4, -0.2) is 131 Å². The zero-order chi connectivity index (χ0) is 27.8. The van der Waals surface area contributed by atoms with Crippen molar-refractivity contribution in [3.8, 4) is 0 Å². The Kier molecular flexibility index (Phi) is 34.9. The Labute approximate surface area is 220 Å². The van der Waals surface area contributed by atoms with Crippen molar-refractivity contribution in [2.45, 2.75) is 41.5 Å². The van der Waals surface area contributed by atoms with Crippen LogP contribution in [0.5, 0.6) is 0 Å². The molecule has 0 bridgehead atoms. The summed E-state index contributed by atoms with van der Waals surface area (Å²) in [6, 6.07) is 0. The summed E-state index contributed by atoms with van der Waals surface area (Å²) in [6.45, 7) is 13.1. The van der Waals surface area contributed by atoms with Gasteiger partial charge in [0, 0.05) is 62.0 Å². The van der Waals surface area contributed by atoms with Crippen molar-refractivity contribution in [3.63, 3.8) is 0 Å². The van der Waals surface area contributed by atoms with Gasteiger partial charge in [0.05, 0.1) is 39.6 Å². The zero-order valence-electron chi connectivity index (χ0n) is 22.0. The van der Waals surface area contributed by atoms with Crippen LogP contribution in [0.25, 0.3) is 0 Å². The largest absolute Gasteiger partial charge is 2.00 e. The van der Waals surface area contributed by atoms with Crippen LogP contribution in [0.1, 0.15) is 41.5 Å². The summed E-state index contributed by atoms with van der Waals surface area (Å²) in [5, 5.41) is 70.7. The van der Waals surface area contributed by atoms with Gasteiger partial charge in [0.25, 0.3) is 0 Å². The van der Waals surface area contributed by atoms with Crippen LogP contribution in [0.4, 0.5) is 0 Å². The van der Waals surface area contributed by atoms with E-state index < -0.39 is 22.8 Å². The van der Waals surface area contributed by atoms with Crippen molar-refractivity contribution in [3.05, 3.63) is 0 Å². The average Bonchev–Trinajstić information content (AvgIpc) is 2.69. The molecular formula is C22H48N2NiO10. The Bertz CT molecular complexity index is 402. The number of carboxylic acids is 2. The molecule has 0 aliphatic rings. The van der Waals surface area contributed by atoms with E-state index in [-0.39, 0.29) is 56.1 Å². The number of carbonyl (C=O) groups is 2. The van der Waals surface area contributed by atoms with Gasteiger partial charge in [-0.1, -0.05) is 41.5 Å². The van der Waals surface area contributed by atoms with Gasteiger partial charge in [-0.15, -0.1) is 0 Å². The SMILES string of the molecule is CC(C)(C)C(=O)[O-].CC(C)(C)C(=O)[O-].OCCN(CCO)CCO.OCCN(CCO)CCO.[Ni+2]. The fraction of sp³-hybridized carbons (Fsp3) is 0.909. The summed E-state index contributed by atoms with van der Waals surface area (Å²) in [4.78, 5) is 23.4. The van der Waals surface area contributed by atoms with Gasteiger partial charge < -0.3 is 50.4 Å². The summed E-state index contributed by atoms with van der Waals surface area (Å²) >= 11 is 0. The van der Waals surface area contributed by atoms with Crippen molar-refractivity contribution < 1.29 is 66.9 Å². The molecule has 0 saturated heterocycles. The van der Waals surface area contributed by atoms with Crippen LogP contribution in [0.2, 0.25) is 0 Å². The van der Waals surface area contributed by atoms with E-state index in [9.17, 15) is 19.8 Å². The maximum atomic E-state index is 9.91. The third kappa shape index (κ3) is 37.8. The molecule has 0 atom stereocenters. The van der Waals surface area contributed by atoms with Crippen molar-refractivity contribution in [1.29, 1.82) is 0 Å². The fourth-order valence-electron chi connectivity index (χ4n) is 1.52. The first kappa shape index (κ1) is 44.1. The predicted octanol–water partition coefficient (Wildman–Crippen LogP) is -3.91. The number of aliphatic carboxylic acids is 2. The Balaban J connectivity index is -0.000000115. The van der Waals surface area contributed by atoms with Crippen LogP contribution in [0.3, 0.4) is 0 Å². The zero-order valence-corrected chi connectivity index (χ0v) is 23.0. The number of nitrogens with zero attached hydrogens (tertiary/aromatic N) is 2. The van der Waals surface area contributed by atoms with Crippen LogP contribution in [0, 0.1) is 10.8 Å². The number of hydrogen-bond donors (Lipinski definition) is 6. The number of rotatable bonds is 12. The average molecular weight is 559 g/mol. The van der Waals surface area contributed by atoms with E-state index in [0.717, 1.165) is 0 Å². The molecule has 0 fully saturated rings. The molecule has 35 heavy (non-hydrogen) atoms. The summed E-state index contributed by atoms with van der Waals surface area (Å²) in [7, 11) is 0. The van der Waals surface area contributed by atoms with E-state index >= 15 is 0 Å². The molecule has 0 radical (unpaired) electrons. The van der Waals surface area contributed by atoms with Crippen LogP contribution in [0.15, 0.2) is 0 Å². The first-order chi connectivity index (χ1) is 15.6. The standard InChI is InChI=1S/2C6H15NO3.2C5H10O2.Ni/c2*8-4-1-7(2-5-9)3-6-10;2*1-5(2,3)4(6)7;/h2*8-10H,1-6H2;2*1-3H3,(H,6,7);/q;;;;+2/p-2. The van der Waals surface area contributed by atoms with E-state index in [0.29, 0.717) is 39.3 Å². The van der Waals surface area contributed by atoms with E-state index in [1.54, 1.807) is 51.3 Å². The molecule has 0 saturated carbocycles. The number of carboxylic acid groups (broad SMARTS) is 2. The van der Waals surface area contributed by atoms with Crippen LogP contribution < -0.4 is 10.2 Å². The molecule has 13 heteroatoms. The van der Waals surface area contributed by atoms with Crippen molar-refractivity contribution >= 4 is 11.9 Å². The molecule has 0 unspecified atom stereocenters. The Morgan fingerprint density at radius 1 is 0.514 bits per heavy atom. The van der Waals surface area contributed by atoms with Crippen LogP contribution in [-0.2, 0) is 26.1 Å². The molecule has 12 nitrogen and oxygen atoms in total. The quantitative estimate of drug-likeness (QED) is 0.127. The number of aliphatic hydroxyl groups excluding tert-OH is 6. The molecule has 0 aromatic rings. The molecule has 216 valence electrons. The minimum Gasteiger partial charge on any atom is -0.550 e. The number of aliphatic hydroxyl groups is 6. The fourth-order valence-corrected chi connectivity index (χ4v) is 1.52. The topological polar surface area (TPSA) is 208 Å². The molecule has 0 amide bonds. The first-order valence-electron chi connectivity index (χ1n) is 11.1. The molecule has 0 rings (SSSR count). The Morgan fingerprint density at radius 3 is 0.686 bits per heavy atom. The van der Waals surface area contributed by atoms with E-state index in [4.69, 9.17) is 30.6 Å². The predicted molar refractivity (Wildman–Crippen MR) is 124 cm³/mol. The molecule has 0 heterocycles. The molecule has 0 spiro atoms. The van der Waals surface area contributed by atoms with Gasteiger partial charge in [0.1, 0.15) is 0 Å². The van der Waals surface area contributed by atoms with E-state index in [1.807, 2.05) is 0 Å². The number of hydrogen-bond acceptors (Lipinski definition) is 12. The van der Waals surface area contributed by atoms with Crippen molar-refractivity contribution in [2.24, 2.45) is 10.8 Å². The van der Waals surface area contributed by atoms with Gasteiger partial charge in [-0.25, -0.2) is 0 Å². The number of carbonyl (C=O) groups excluding carboxylic acids is 2. The molecule has 0 aromatic carbocycles. The molecule has 6 N–H and O–H groups in total. The van der Waals surface area contributed by atoms with Gasteiger partial charge in [-0.2, -0.15) is 0 Å². The van der Waals surface area contributed by atoms with Gasteiger partial charge >= 0.3 is 16.5 Å². The smallest absolute Gasteiger partial charge is 0.550 e. The molecule has 0 aliphatic heterocycles. The second-order valence-corrected chi connectivity index (χ2v) is 9.10. The third-order valence-corrected chi connectivity index (χ3v) is 3.72. The van der Waals surface area contributed by atoms with E-state index in [1.165, 1.54) is 0 Å². The summed E-state index contributed by atoms with van der Waals surface area (Å²) in [5.74, 6) is -2.01. The monoisotopic (exact) mass is 558 g/mol. The third-order valence-electron chi connectivity index (χ3n) is 3.72. The minimum absolute atomic E-state index is 0. The van der Waals surface area contributed by atoms with Crippen molar-refractivity contribution in [2.75, 3.05) is 78.9 Å². The maximum Gasteiger partial charge on any atom is 2.00 e. The van der Waals surface area contributed by atoms with Gasteiger partial charge in [0.2, 0.25) is 0 Å². The van der Waals surface area contributed by atoms with Crippen LogP contribution >= 0.6 is 0 Å². The first-order valence-corrected chi connectivity index (χ1v) is 11.1. The second-order valence-electron chi connectivity index (χ2n) is 9.10. The summed E-state index contributed by atoms with van der Waals surface area (Å²) in [6.07, 6.45) is 0. The summed E-state index contributed by atoms with van der Waals surface area (Å²) in [5.41, 5.74) is -1.39. The molecule has 0 aliphatic carbocycles. The van der Waals surface area contributed by atoms with Gasteiger partial charge in [0.15, 0.2) is 0 Å². The van der Waals surface area contributed by atoms with Gasteiger partial charge in [-0.3, -0.25) is 9.80 Å². The van der Waals surface area contributed by atoms with E-state index in [2.05, 4.69) is 0 Å². The normalized spacial score (nSPS) is 10.7. The minimum atomic E-state index is -1.01. The summed E-state index contributed by atoms with van der Waals surface area (Å²) < 4.78 is 0.